The largest absolute Gasteiger partial charge is 0.389 e. The SMILES string of the molecule is CCCc1nc(-c2ccc3nc(C)ccc3c2)c(N)s1. The van der Waals surface area contributed by atoms with Crippen LogP contribution in [0.1, 0.15) is 24.0 Å². The quantitative estimate of drug-likeness (QED) is 0.783. The predicted octanol–water partition coefficient (Wildman–Crippen LogP) is 4.20. The normalized spacial score (nSPS) is 11.1. The fourth-order valence-corrected chi connectivity index (χ4v) is 3.24. The van der Waals surface area contributed by atoms with E-state index >= 15 is 0 Å². The minimum Gasteiger partial charge on any atom is -0.389 e. The second-order valence-electron chi connectivity index (χ2n) is 4.93. The first kappa shape index (κ1) is 13.1. The summed E-state index contributed by atoms with van der Waals surface area (Å²) < 4.78 is 0. The summed E-state index contributed by atoms with van der Waals surface area (Å²) in [5.41, 5.74) is 10.1. The third-order valence-electron chi connectivity index (χ3n) is 3.26. The predicted molar refractivity (Wildman–Crippen MR) is 86.0 cm³/mol. The monoisotopic (exact) mass is 283 g/mol. The van der Waals surface area contributed by atoms with Crippen molar-refractivity contribution in [2.45, 2.75) is 26.7 Å². The number of benzene rings is 1. The van der Waals surface area contributed by atoms with Crippen LogP contribution in [0.25, 0.3) is 22.2 Å². The number of rotatable bonds is 3. The highest BCUT2D eigenvalue weighted by Crippen LogP contribution is 2.32. The molecule has 2 heterocycles. The zero-order chi connectivity index (χ0) is 14.1. The molecule has 4 heteroatoms. The van der Waals surface area contributed by atoms with Crippen LogP contribution in [-0.4, -0.2) is 9.97 Å². The highest BCUT2D eigenvalue weighted by molar-refractivity contribution is 7.16. The fourth-order valence-electron chi connectivity index (χ4n) is 2.28. The summed E-state index contributed by atoms with van der Waals surface area (Å²) in [5, 5.41) is 3.03. The topological polar surface area (TPSA) is 51.8 Å². The Bertz CT molecular complexity index is 762. The second kappa shape index (κ2) is 5.21. The van der Waals surface area contributed by atoms with Gasteiger partial charge in [0.2, 0.25) is 0 Å². The number of hydrogen-bond donors (Lipinski definition) is 1. The molecule has 3 nitrogen and oxygen atoms in total. The third-order valence-corrected chi connectivity index (χ3v) is 4.21. The van der Waals surface area contributed by atoms with Crippen molar-refractivity contribution >= 4 is 27.2 Å². The Morgan fingerprint density at radius 1 is 1.15 bits per heavy atom. The van der Waals surface area contributed by atoms with Crippen molar-refractivity contribution in [3.8, 4) is 11.3 Å². The Kier molecular flexibility index (Phi) is 3.40. The summed E-state index contributed by atoms with van der Waals surface area (Å²) in [6.45, 7) is 4.16. The maximum absolute atomic E-state index is 6.11. The van der Waals surface area contributed by atoms with Gasteiger partial charge in [-0.15, -0.1) is 11.3 Å². The lowest BCUT2D eigenvalue weighted by Gasteiger charge is -2.02. The highest BCUT2D eigenvalue weighted by atomic mass is 32.1. The highest BCUT2D eigenvalue weighted by Gasteiger charge is 2.11. The smallest absolute Gasteiger partial charge is 0.114 e. The molecule has 0 saturated carbocycles. The van der Waals surface area contributed by atoms with E-state index in [2.05, 4.69) is 35.1 Å². The summed E-state index contributed by atoms with van der Waals surface area (Å²) in [5.74, 6) is 0. The number of pyridine rings is 1. The Morgan fingerprint density at radius 2 is 2.00 bits per heavy atom. The summed E-state index contributed by atoms with van der Waals surface area (Å²) in [6, 6.07) is 10.3. The zero-order valence-corrected chi connectivity index (χ0v) is 12.5. The number of thiazole rings is 1. The van der Waals surface area contributed by atoms with Crippen LogP contribution in [0.15, 0.2) is 30.3 Å². The maximum Gasteiger partial charge on any atom is 0.114 e. The molecular formula is C16H17N3S. The Morgan fingerprint density at radius 3 is 2.80 bits per heavy atom. The van der Waals surface area contributed by atoms with Crippen molar-refractivity contribution in [3.05, 3.63) is 41.0 Å². The van der Waals surface area contributed by atoms with Crippen LogP contribution in [0.4, 0.5) is 5.00 Å². The number of anilines is 1. The molecule has 0 aliphatic heterocycles. The van der Waals surface area contributed by atoms with E-state index in [9.17, 15) is 0 Å². The first-order valence-electron chi connectivity index (χ1n) is 6.80. The Balaban J connectivity index is 2.07. The van der Waals surface area contributed by atoms with Gasteiger partial charge in [0.15, 0.2) is 0 Å². The molecule has 1 aromatic carbocycles. The first-order valence-corrected chi connectivity index (χ1v) is 7.62. The number of fused-ring (bicyclic) bond motifs is 1. The van der Waals surface area contributed by atoms with E-state index < -0.39 is 0 Å². The molecule has 3 aromatic rings. The van der Waals surface area contributed by atoms with Crippen LogP contribution in [0, 0.1) is 6.92 Å². The summed E-state index contributed by atoms with van der Waals surface area (Å²) in [7, 11) is 0. The third kappa shape index (κ3) is 2.39. The molecule has 20 heavy (non-hydrogen) atoms. The molecule has 0 bridgehead atoms. The van der Waals surface area contributed by atoms with Crippen LogP contribution >= 0.6 is 11.3 Å². The fraction of sp³-hybridized carbons (Fsp3) is 0.250. The van der Waals surface area contributed by atoms with Crippen LogP contribution in [0.5, 0.6) is 0 Å². The molecule has 0 atom stereocenters. The lowest BCUT2D eigenvalue weighted by molar-refractivity contribution is 0.910. The van der Waals surface area contributed by atoms with Crippen LogP contribution < -0.4 is 5.73 Å². The van der Waals surface area contributed by atoms with Gasteiger partial charge in [-0.1, -0.05) is 19.1 Å². The first-order chi connectivity index (χ1) is 9.67. The molecule has 2 N–H and O–H groups in total. The van der Waals surface area contributed by atoms with E-state index in [1.165, 1.54) is 0 Å². The van der Waals surface area contributed by atoms with E-state index in [4.69, 9.17) is 5.73 Å². The van der Waals surface area contributed by atoms with Gasteiger partial charge in [0.25, 0.3) is 0 Å². The van der Waals surface area contributed by atoms with E-state index in [0.29, 0.717) is 0 Å². The minimum absolute atomic E-state index is 0.799. The summed E-state index contributed by atoms with van der Waals surface area (Å²) in [6.07, 6.45) is 2.08. The molecule has 102 valence electrons. The van der Waals surface area contributed by atoms with Gasteiger partial charge < -0.3 is 5.73 Å². The van der Waals surface area contributed by atoms with Crippen LogP contribution in [0.2, 0.25) is 0 Å². The van der Waals surface area contributed by atoms with Crippen LogP contribution in [0.3, 0.4) is 0 Å². The summed E-state index contributed by atoms with van der Waals surface area (Å²) in [4.78, 5) is 9.19. The molecular weight excluding hydrogens is 266 g/mol. The lowest BCUT2D eigenvalue weighted by Crippen LogP contribution is -1.88. The van der Waals surface area contributed by atoms with E-state index in [-0.39, 0.29) is 0 Å². The van der Waals surface area contributed by atoms with Gasteiger partial charge >= 0.3 is 0 Å². The average molecular weight is 283 g/mol. The molecule has 0 amide bonds. The van der Waals surface area contributed by atoms with Gasteiger partial charge in [-0.05, 0) is 38.0 Å². The molecule has 0 spiro atoms. The van der Waals surface area contributed by atoms with Crippen LogP contribution in [-0.2, 0) is 6.42 Å². The number of nitrogens with zero attached hydrogens (tertiary/aromatic N) is 2. The van der Waals surface area contributed by atoms with E-state index in [1.807, 2.05) is 19.1 Å². The molecule has 3 rings (SSSR count). The Hall–Kier alpha value is -1.94. The number of nitrogen functional groups attached to an aromatic ring is 1. The van der Waals surface area contributed by atoms with Crippen molar-refractivity contribution in [2.75, 3.05) is 5.73 Å². The molecule has 0 aliphatic carbocycles. The molecule has 2 aromatic heterocycles. The standard InChI is InChI=1S/C16H17N3S/c1-3-4-14-19-15(16(17)20-14)12-7-8-13-11(9-12)6-5-10(2)18-13/h5-9H,3-4,17H2,1-2H3. The average Bonchev–Trinajstić information content (AvgIpc) is 2.79. The van der Waals surface area contributed by atoms with Gasteiger partial charge in [0.1, 0.15) is 10.7 Å². The van der Waals surface area contributed by atoms with Crippen molar-refractivity contribution in [3.63, 3.8) is 0 Å². The number of nitrogens with two attached hydrogens (primary N) is 1. The van der Waals surface area contributed by atoms with Crippen molar-refractivity contribution < 1.29 is 0 Å². The van der Waals surface area contributed by atoms with Crippen molar-refractivity contribution in [1.29, 1.82) is 0 Å². The molecule has 0 saturated heterocycles. The number of aromatic nitrogens is 2. The molecule has 0 aliphatic rings. The number of hydrogen-bond acceptors (Lipinski definition) is 4. The van der Waals surface area contributed by atoms with Crippen molar-refractivity contribution in [2.24, 2.45) is 0 Å². The zero-order valence-electron chi connectivity index (χ0n) is 11.7. The van der Waals surface area contributed by atoms with Gasteiger partial charge in [-0.2, -0.15) is 0 Å². The second-order valence-corrected chi connectivity index (χ2v) is 6.05. The number of aryl methyl sites for hydroxylation is 2. The van der Waals surface area contributed by atoms with Gasteiger partial charge in [0, 0.05) is 16.6 Å². The lowest BCUT2D eigenvalue weighted by atomic mass is 10.1. The molecule has 0 unspecified atom stereocenters. The van der Waals surface area contributed by atoms with Gasteiger partial charge in [-0.25, -0.2) is 4.98 Å². The molecule has 0 radical (unpaired) electrons. The minimum atomic E-state index is 0.799. The van der Waals surface area contributed by atoms with Crippen molar-refractivity contribution in [1.82, 2.24) is 9.97 Å². The van der Waals surface area contributed by atoms with E-state index in [1.54, 1.807) is 11.3 Å². The maximum atomic E-state index is 6.11. The van der Waals surface area contributed by atoms with E-state index in [0.717, 1.165) is 50.7 Å². The Labute approximate surface area is 122 Å². The van der Waals surface area contributed by atoms with Gasteiger partial charge in [-0.3, -0.25) is 4.98 Å². The van der Waals surface area contributed by atoms with Gasteiger partial charge in [0.05, 0.1) is 10.5 Å². The summed E-state index contributed by atoms with van der Waals surface area (Å²) >= 11 is 1.59. The molecule has 0 fully saturated rings.